The number of hydrogen-bond acceptors (Lipinski definition) is 8. The SMILES string of the molecule is Cc1ccc(-c2ccncn2)cc1N(CC(=O)NCCN(C(=O)OC(C)(C)C)C(C)C)CC(=O)N(C)N1Cc2ccccc2C1. The van der Waals surface area contributed by atoms with Gasteiger partial charge in [0.2, 0.25) is 5.91 Å². The fraction of sp³-hybridized carbons (Fsp3) is 0.441. The highest BCUT2D eigenvalue weighted by Gasteiger charge is 2.28. The number of hydrazine groups is 1. The van der Waals surface area contributed by atoms with Crippen LogP contribution in [0.2, 0.25) is 0 Å². The first-order chi connectivity index (χ1) is 21.3. The van der Waals surface area contributed by atoms with Gasteiger partial charge < -0.3 is 19.9 Å². The number of amides is 3. The third-order valence-electron chi connectivity index (χ3n) is 7.62. The minimum absolute atomic E-state index is 0.0130. The fourth-order valence-electron chi connectivity index (χ4n) is 5.17. The minimum Gasteiger partial charge on any atom is -0.444 e. The Morgan fingerprint density at radius 3 is 2.31 bits per heavy atom. The molecule has 45 heavy (non-hydrogen) atoms. The van der Waals surface area contributed by atoms with Gasteiger partial charge in [-0.2, -0.15) is 0 Å². The Morgan fingerprint density at radius 1 is 1.02 bits per heavy atom. The van der Waals surface area contributed by atoms with Crippen LogP contribution in [0.5, 0.6) is 0 Å². The monoisotopic (exact) mass is 615 g/mol. The second kappa shape index (κ2) is 14.5. The van der Waals surface area contributed by atoms with Crippen LogP contribution >= 0.6 is 0 Å². The van der Waals surface area contributed by atoms with E-state index in [1.54, 1.807) is 28.1 Å². The van der Waals surface area contributed by atoms with Crippen molar-refractivity contribution in [1.82, 2.24) is 30.2 Å². The Kier molecular flexibility index (Phi) is 10.8. The van der Waals surface area contributed by atoms with Gasteiger partial charge in [0.15, 0.2) is 0 Å². The number of nitrogens with one attached hydrogen (secondary N) is 1. The lowest BCUT2D eigenvalue weighted by atomic mass is 10.1. The molecule has 11 heteroatoms. The summed E-state index contributed by atoms with van der Waals surface area (Å²) < 4.78 is 5.54. The number of nitrogens with zero attached hydrogens (tertiary/aromatic N) is 6. The van der Waals surface area contributed by atoms with E-state index in [2.05, 4.69) is 27.4 Å². The molecule has 0 saturated heterocycles. The normalized spacial score (nSPS) is 12.9. The molecule has 0 unspecified atom stereocenters. The Labute approximate surface area is 266 Å². The van der Waals surface area contributed by atoms with Gasteiger partial charge in [-0.05, 0) is 70.4 Å². The highest BCUT2D eigenvalue weighted by molar-refractivity contribution is 5.87. The van der Waals surface area contributed by atoms with Gasteiger partial charge in [-0.3, -0.25) is 14.6 Å². The standard InChI is InChI=1S/C34H45N7O4/c1-24(2)41(33(44)45-34(4,5)6)17-16-36-31(42)21-39(30-18-26(13-12-25(30)3)29-14-15-35-23-37-29)22-32(43)38(7)40-19-27-10-8-9-11-28(27)20-40/h8-15,18,23-24H,16-17,19-22H2,1-7H3,(H,36,42). The van der Waals surface area contributed by atoms with E-state index in [4.69, 9.17) is 4.74 Å². The van der Waals surface area contributed by atoms with E-state index in [1.165, 1.54) is 17.5 Å². The molecule has 1 aliphatic heterocycles. The second-order valence-corrected chi connectivity index (χ2v) is 12.6. The largest absolute Gasteiger partial charge is 0.444 e. The minimum atomic E-state index is -0.621. The lowest BCUT2D eigenvalue weighted by Crippen LogP contribution is -2.49. The van der Waals surface area contributed by atoms with E-state index < -0.39 is 11.7 Å². The number of rotatable bonds is 11. The van der Waals surface area contributed by atoms with Crippen molar-refractivity contribution in [2.45, 2.75) is 66.3 Å². The van der Waals surface area contributed by atoms with Crippen LogP contribution in [0.3, 0.4) is 0 Å². The maximum Gasteiger partial charge on any atom is 0.410 e. The summed E-state index contributed by atoms with van der Waals surface area (Å²) in [5, 5.41) is 6.59. The topological polar surface area (TPSA) is 111 Å². The summed E-state index contributed by atoms with van der Waals surface area (Å²) in [6, 6.07) is 15.8. The van der Waals surface area contributed by atoms with Crippen molar-refractivity contribution >= 4 is 23.6 Å². The number of benzene rings is 2. The first kappa shape index (κ1) is 33.4. The first-order valence-corrected chi connectivity index (χ1v) is 15.3. The van der Waals surface area contributed by atoms with Gasteiger partial charge in [-0.25, -0.2) is 19.8 Å². The van der Waals surface area contributed by atoms with Gasteiger partial charge in [-0.15, -0.1) is 0 Å². The highest BCUT2D eigenvalue weighted by Crippen LogP contribution is 2.28. The van der Waals surface area contributed by atoms with Crippen LogP contribution in [0, 0.1) is 6.92 Å². The molecule has 240 valence electrons. The number of hydrogen-bond donors (Lipinski definition) is 1. The number of carbonyl (C=O) groups is 3. The van der Waals surface area contributed by atoms with Crippen molar-refractivity contribution in [2.24, 2.45) is 0 Å². The molecule has 1 aliphatic rings. The van der Waals surface area contributed by atoms with Crippen molar-refractivity contribution in [3.05, 3.63) is 77.7 Å². The molecule has 3 aromatic rings. The molecular formula is C34H45N7O4. The van der Waals surface area contributed by atoms with E-state index in [9.17, 15) is 14.4 Å². The van der Waals surface area contributed by atoms with Crippen LogP contribution in [-0.2, 0) is 27.4 Å². The van der Waals surface area contributed by atoms with Crippen LogP contribution < -0.4 is 10.2 Å². The van der Waals surface area contributed by atoms with Crippen molar-refractivity contribution in [3.8, 4) is 11.3 Å². The van der Waals surface area contributed by atoms with E-state index in [0.29, 0.717) is 13.1 Å². The lowest BCUT2D eigenvalue weighted by molar-refractivity contribution is -0.145. The van der Waals surface area contributed by atoms with Gasteiger partial charge in [0.25, 0.3) is 5.91 Å². The van der Waals surface area contributed by atoms with Crippen molar-refractivity contribution < 1.29 is 19.1 Å². The van der Waals surface area contributed by atoms with Crippen molar-refractivity contribution in [3.63, 3.8) is 0 Å². The molecule has 11 nitrogen and oxygen atoms in total. The lowest BCUT2D eigenvalue weighted by Gasteiger charge is -2.32. The highest BCUT2D eigenvalue weighted by atomic mass is 16.6. The average molecular weight is 616 g/mol. The molecule has 0 radical (unpaired) electrons. The molecule has 0 spiro atoms. The summed E-state index contributed by atoms with van der Waals surface area (Å²) in [7, 11) is 1.77. The number of likely N-dealkylation sites (N-methyl/N-ethyl adjacent to an activating group) is 1. The van der Waals surface area contributed by atoms with Crippen molar-refractivity contribution in [2.75, 3.05) is 38.1 Å². The molecule has 1 aromatic heterocycles. The quantitative estimate of drug-likeness (QED) is 0.338. The van der Waals surface area contributed by atoms with E-state index >= 15 is 0 Å². The third-order valence-corrected chi connectivity index (χ3v) is 7.62. The van der Waals surface area contributed by atoms with E-state index in [0.717, 1.165) is 22.5 Å². The van der Waals surface area contributed by atoms with Gasteiger partial charge in [0.1, 0.15) is 11.9 Å². The maximum absolute atomic E-state index is 13.7. The summed E-state index contributed by atoms with van der Waals surface area (Å²) in [5.74, 6) is -0.405. The molecule has 2 heterocycles. The Morgan fingerprint density at radius 2 is 1.71 bits per heavy atom. The molecule has 0 fully saturated rings. The fourth-order valence-corrected chi connectivity index (χ4v) is 5.17. The average Bonchev–Trinajstić information content (AvgIpc) is 3.42. The molecular weight excluding hydrogens is 570 g/mol. The maximum atomic E-state index is 13.7. The number of ether oxygens (including phenoxy) is 1. The summed E-state index contributed by atoms with van der Waals surface area (Å²) in [6.45, 7) is 13.0. The molecule has 0 aliphatic carbocycles. The zero-order valence-electron chi connectivity index (χ0n) is 27.4. The van der Waals surface area contributed by atoms with Gasteiger partial charge in [0, 0.05) is 56.7 Å². The van der Waals surface area contributed by atoms with E-state index in [-0.39, 0.29) is 44.0 Å². The number of aromatic nitrogens is 2. The van der Waals surface area contributed by atoms with E-state index in [1.807, 2.05) is 82.9 Å². The summed E-state index contributed by atoms with van der Waals surface area (Å²) >= 11 is 0. The predicted molar refractivity (Wildman–Crippen MR) is 174 cm³/mol. The summed E-state index contributed by atoms with van der Waals surface area (Å²) in [4.78, 5) is 51.6. The van der Waals surface area contributed by atoms with Crippen LogP contribution in [0.25, 0.3) is 11.3 Å². The third kappa shape index (κ3) is 9.01. The molecule has 3 amide bonds. The van der Waals surface area contributed by atoms with Gasteiger partial charge >= 0.3 is 6.09 Å². The van der Waals surface area contributed by atoms with Crippen molar-refractivity contribution in [1.29, 1.82) is 0 Å². The number of anilines is 1. The number of carbonyl (C=O) groups excluding carboxylic acids is 3. The number of aryl methyl sites for hydroxylation is 1. The summed E-state index contributed by atoms with van der Waals surface area (Å²) in [5.41, 5.74) is 5.04. The molecule has 4 rings (SSSR count). The smallest absolute Gasteiger partial charge is 0.410 e. The molecule has 2 aromatic carbocycles. The Balaban J connectivity index is 1.50. The first-order valence-electron chi connectivity index (χ1n) is 15.3. The second-order valence-electron chi connectivity index (χ2n) is 12.6. The van der Waals surface area contributed by atoms with Gasteiger partial charge in [-0.1, -0.05) is 36.4 Å². The Hall–Kier alpha value is -4.51. The molecule has 1 N–H and O–H groups in total. The molecule has 0 saturated carbocycles. The Bertz CT molecular complexity index is 1460. The summed E-state index contributed by atoms with van der Waals surface area (Å²) in [6.07, 6.45) is 2.74. The molecule has 0 atom stereocenters. The zero-order valence-corrected chi connectivity index (χ0v) is 27.4. The zero-order chi connectivity index (χ0) is 32.7. The number of fused-ring (bicyclic) bond motifs is 1. The van der Waals surface area contributed by atoms with Crippen LogP contribution in [0.4, 0.5) is 10.5 Å². The predicted octanol–water partition coefficient (Wildman–Crippen LogP) is 4.41. The van der Waals surface area contributed by atoms with Crippen LogP contribution in [0.15, 0.2) is 61.1 Å². The van der Waals surface area contributed by atoms with Crippen LogP contribution in [-0.4, -0.2) is 87.7 Å². The van der Waals surface area contributed by atoms with Crippen LogP contribution in [0.1, 0.15) is 51.3 Å². The van der Waals surface area contributed by atoms with Gasteiger partial charge in [0.05, 0.1) is 18.8 Å². The molecule has 0 bridgehead atoms.